The normalized spacial score (nSPS) is 30.2. The van der Waals surface area contributed by atoms with E-state index in [2.05, 4.69) is 6.92 Å². The number of alkyl halides is 1. The van der Waals surface area contributed by atoms with Crippen molar-refractivity contribution in [1.29, 1.82) is 0 Å². The minimum atomic E-state index is -3.33. The van der Waals surface area contributed by atoms with Crippen molar-refractivity contribution < 1.29 is 8.42 Å². The fraction of sp³-hybridized carbons (Fsp3) is 1.00. The predicted molar refractivity (Wildman–Crippen MR) is 87.8 cm³/mol. The number of nitrogens with zero attached hydrogens (tertiary/aromatic N) is 2. The van der Waals surface area contributed by atoms with Crippen LogP contribution in [-0.2, 0) is 10.2 Å². The Labute approximate surface area is 135 Å². The maximum Gasteiger partial charge on any atom is 0.282 e. The van der Waals surface area contributed by atoms with Gasteiger partial charge in [0.1, 0.15) is 0 Å². The van der Waals surface area contributed by atoms with Crippen LogP contribution in [0.5, 0.6) is 0 Å². The first-order valence-electron chi connectivity index (χ1n) is 8.42. The summed E-state index contributed by atoms with van der Waals surface area (Å²) in [5.41, 5.74) is 0. The van der Waals surface area contributed by atoms with Crippen LogP contribution in [0.4, 0.5) is 0 Å². The van der Waals surface area contributed by atoms with Crippen LogP contribution in [0.15, 0.2) is 0 Å². The average molecular weight is 337 g/mol. The highest BCUT2D eigenvalue weighted by Crippen LogP contribution is 2.27. The lowest BCUT2D eigenvalue weighted by molar-refractivity contribution is 0.246. The quantitative estimate of drug-likeness (QED) is 0.723. The zero-order valence-electron chi connectivity index (χ0n) is 13.1. The van der Waals surface area contributed by atoms with E-state index < -0.39 is 10.2 Å². The summed E-state index contributed by atoms with van der Waals surface area (Å²) in [5.74, 6) is 1.10. The lowest BCUT2D eigenvalue weighted by atomic mass is 9.96. The number of hydrogen-bond acceptors (Lipinski definition) is 2. The van der Waals surface area contributed by atoms with Gasteiger partial charge in [-0.25, -0.2) is 0 Å². The van der Waals surface area contributed by atoms with Crippen LogP contribution in [-0.4, -0.2) is 48.6 Å². The SMILES string of the molecule is CCCC1CCCN(S(=O)(=O)N2CCCCC2CCl)CC1. The van der Waals surface area contributed by atoms with Gasteiger partial charge in [0.25, 0.3) is 10.2 Å². The van der Waals surface area contributed by atoms with Gasteiger partial charge in [0, 0.05) is 31.6 Å². The second-order valence-electron chi connectivity index (χ2n) is 6.41. The van der Waals surface area contributed by atoms with Crippen LogP contribution in [0, 0.1) is 5.92 Å². The topological polar surface area (TPSA) is 40.6 Å². The van der Waals surface area contributed by atoms with E-state index in [9.17, 15) is 8.42 Å². The van der Waals surface area contributed by atoms with Crippen LogP contribution >= 0.6 is 11.6 Å². The second kappa shape index (κ2) is 8.14. The Morgan fingerprint density at radius 2 is 1.86 bits per heavy atom. The number of halogens is 1. The highest BCUT2D eigenvalue weighted by molar-refractivity contribution is 7.86. The van der Waals surface area contributed by atoms with E-state index in [1.807, 2.05) is 0 Å². The van der Waals surface area contributed by atoms with E-state index in [4.69, 9.17) is 11.6 Å². The third-order valence-electron chi connectivity index (χ3n) is 4.88. The van der Waals surface area contributed by atoms with Gasteiger partial charge in [0.15, 0.2) is 0 Å². The molecule has 2 fully saturated rings. The van der Waals surface area contributed by atoms with Crippen molar-refractivity contribution in [3.8, 4) is 0 Å². The lowest BCUT2D eigenvalue weighted by Crippen LogP contribution is -2.51. The molecule has 0 aromatic heterocycles. The van der Waals surface area contributed by atoms with Gasteiger partial charge >= 0.3 is 0 Å². The fourth-order valence-corrected chi connectivity index (χ4v) is 5.96. The molecule has 2 atom stereocenters. The summed E-state index contributed by atoms with van der Waals surface area (Å²) in [4.78, 5) is 0. The maximum atomic E-state index is 12.9. The van der Waals surface area contributed by atoms with Gasteiger partial charge < -0.3 is 0 Å². The van der Waals surface area contributed by atoms with E-state index in [-0.39, 0.29) is 6.04 Å². The van der Waals surface area contributed by atoms with Gasteiger partial charge in [-0.05, 0) is 38.0 Å². The van der Waals surface area contributed by atoms with Crippen molar-refractivity contribution in [2.75, 3.05) is 25.5 Å². The highest BCUT2D eigenvalue weighted by atomic mass is 35.5. The molecule has 0 N–H and O–H groups in total. The fourth-order valence-electron chi connectivity index (χ4n) is 3.65. The summed E-state index contributed by atoms with van der Waals surface area (Å²) in [6.07, 6.45) is 8.52. The first kappa shape index (κ1) is 17.5. The number of rotatable bonds is 5. The van der Waals surface area contributed by atoms with E-state index in [0.717, 1.165) is 32.1 Å². The molecule has 0 aromatic carbocycles. The van der Waals surface area contributed by atoms with Gasteiger partial charge in [0.05, 0.1) is 0 Å². The zero-order valence-corrected chi connectivity index (χ0v) is 14.7. The molecule has 0 saturated carbocycles. The third kappa shape index (κ3) is 4.34. The number of piperidine rings is 1. The molecule has 124 valence electrons. The van der Waals surface area contributed by atoms with Crippen molar-refractivity contribution in [3.05, 3.63) is 0 Å². The summed E-state index contributed by atoms with van der Waals surface area (Å²) in [5, 5.41) is 0. The lowest BCUT2D eigenvalue weighted by Gasteiger charge is -2.37. The Bertz CT molecular complexity index is 416. The summed E-state index contributed by atoms with van der Waals surface area (Å²) < 4.78 is 29.2. The van der Waals surface area contributed by atoms with Gasteiger partial charge in [0.2, 0.25) is 0 Å². The van der Waals surface area contributed by atoms with E-state index >= 15 is 0 Å². The van der Waals surface area contributed by atoms with Gasteiger partial charge in [-0.1, -0.05) is 26.2 Å². The smallest absolute Gasteiger partial charge is 0.195 e. The molecule has 2 aliphatic heterocycles. The summed E-state index contributed by atoms with van der Waals surface area (Å²) in [7, 11) is -3.33. The molecule has 2 rings (SSSR count). The minimum absolute atomic E-state index is 0.0138. The standard InChI is InChI=1S/C15H29ClN2O2S/c1-2-6-14-7-5-10-17(12-9-14)21(19,20)18-11-4-3-8-15(18)13-16/h14-15H,2-13H2,1H3. The van der Waals surface area contributed by atoms with Crippen LogP contribution in [0.1, 0.15) is 58.3 Å². The van der Waals surface area contributed by atoms with E-state index in [1.54, 1.807) is 8.61 Å². The van der Waals surface area contributed by atoms with Crippen LogP contribution in [0.3, 0.4) is 0 Å². The molecule has 2 saturated heterocycles. The molecule has 21 heavy (non-hydrogen) atoms. The predicted octanol–water partition coefficient (Wildman–Crippen LogP) is 3.23. The molecule has 2 unspecified atom stereocenters. The molecule has 2 aliphatic rings. The average Bonchev–Trinajstić information content (AvgIpc) is 2.74. The van der Waals surface area contributed by atoms with E-state index in [0.29, 0.717) is 31.4 Å². The second-order valence-corrected chi connectivity index (χ2v) is 8.60. The molecule has 4 nitrogen and oxygen atoms in total. The highest BCUT2D eigenvalue weighted by Gasteiger charge is 2.36. The molecule has 0 spiro atoms. The van der Waals surface area contributed by atoms with E-state index in [1.165, 1.54) is 19.3 Å². The molecule has 2 heterocycles. The van der Waals surface area contributed by atoms with Gasteiger partial charge in [-0.2, -0.15) is 17.0 Å². The molecule has 0 radical (unpaired) electrons. The Morgan fingerprint density at radius 3 is 2.57 bits per heavy atom. The van der Waals surface area contributed by atoms with Crippen molar-refractivity contribution >= 4 is 21.8 Å². The minimum Gasteiger partial charge on any atom is -0.195 e. The van der Waals surface area contributed by atoms with Gasteiger partial charge in [-0.15, -0.1) is 11.6 Å². The monoisotopic (exact) mass is 336 g/mol. The molecule has 0 aliphatic carbocycles. The molecule has 0 amide bonds. The molecular weight excluding hydrogens is 308 g/mol. The molecule has 0 aromatic rings. The Morgan fingerprint density at radius 1 is 1.05 bits per heavy atom. The molecular formula is C15H29ClN2O2S. The van der Waals surface area contributed by atoms with Crippen LogP contribution in [0.25, 0.3) is 0 Å². The third-order valence-corrected chi connectivity index (χ3v) is 7.32. The van der Waals surface area contributed by atoms with Crippen molar-refractivity contribution in [2.45, 2.75) is 64.3 Å². The summed E-state index contributed by atoms with van der Waals surface area (Å²) in [6.45, 7) is 4.19. The van der Waals surface area contributed by atoms with Crippen LogP contribution in [0.2, 0.25) is 0 Å². The summed E-state index contributed by atoms with van der Waals surface area (Å²) in [6, 6.07) is -0.0138. The Hall–Kier alpha value is 0.160. The van der Waals surface area contributed by atoms with Crippen molar-refractivity contribution in [2.24, 2.45) is 5.92 Å². The Balaban J connectivity index is 2.04. The zero-order chi connectivity index (χ0) is 15.3. The van der Waals surface area contributed by atoms with Crippen molar-refractivity contribution in [3.63, 3.8) is 0 Å². The first-order chi connectivity index (χ1) is 10.1. The maximum absolute atomic E-state index is 12.9. The number of hydrogen-bond donors (Lipinski definition) is 0. The largest absolute Gasteiger partial charge is 0.282 e. The molecule has 6 heteroatoms. The Kier molecular flexibility index (Phi) is 6.79. The van der Waals surface area contributed by atoms with Gasteiger partial charge in [-0.3, -0.25) is 0 Å². The molecule has 0 bridgehead atoms. The summed E-state index contributed by atoms with van der Waals surface area (Å²) >= 11 is 5.99. The van der Waals surface area contributed by atoms with Crippen LogP contribution < -0.4 is 0 Å². The first-order valence-corrected chi connectivity index (χ1v) is 10.4. The van der Waals surface area contributed by atoms with Crippen molar-refractivity contribution in [1.82, 2.24) is 8.61 Å².